The van der Waals surface area contributed by atoms with Crippen molar-refractivity contribution in [2.75, 3.05) is 7.05 Å². The monoisotopic (exact) mass is 371 g/mol. The predicted octanol–water partition coefficient (Wildman–Crippen LogP) is 5.57. The third-order valence-electron chi connectivity index (χ3n) is 3.35. The molecule has 1 nitrogen and oxygen atoms in total. The third kappa shape index (κ3) is 3.56. The number of aryl methyl sites for hydroxylation is 1. The number of hydrogen-bond donors (Lipinski definition) is 1. The Morgan fingerprint density at radius 3 is 2.35 bits per heavy atom. The molecule has 106 valence electrons. The fourth-order valence-corrected chi connectivity index (χ4v) is 3.54. The maximum absolute atomic E-state index is 6.26. The van der Waals surface area contributed by atoms with E-state index < -0.39 is 0 Å². The average Bonchev–Trinajstić information content (AvgIpc) is 2.40. The highest BCUT2D eigenvalue weighted by atomic mass is 79.9. The Balaban J connectivity index is 2.34. The minimum absolute atomic E-state index is 0.155. The highest BCUT2D eigenvalue weighted by Gasteiger charge is 2.16. The molecule has 2 rings (SSSR count). The van der Waals surface area contributed by atoms with Crippen molar-refractivity contribution in [3.8, 4) is 0 Å². The fourth-order valence-electron chi connectivity index (χ4n) is 2.21. The molecule has 1 N–H and O–H groups in total. The molecule has 0 radical (unpaired) electrons. The summed E-state index contributed by atoms with van der Waals surface area (Å²) in [5.41, 5.74) is 3.41. The van der Waals surface area contributed by atoms with Crippen LogP contribution in [-0.4, -0.2) is 7.05 Å². The number of hydrogen-bond acceptors (Lipinski definition) is 1. The van der Waals surface area contributed by atoms with Gasteiger partial charge < -0.3 is 5.32 Å². The van der Waals surface area contributed by atoms with Gasteiger partial charge >= 0.3 is 0 Å². The summed E-state index contributed by atoms with van der Waals surface area (Å²) in [5.74, 6) is 0. The van der Waals surface area contributed by atoms with E-state index >= 15 is 0 Å². The summed E-state index contributed by atoms with van der Waals surface area (Å²) in [6, 6.07) is 12.1. The van der Waals surface area contributed by atoms with Crippen LogP contribution in [0.5, 0.6) is 0 Å². The zero-order valence-corrected chi connectivity index (χ0v) is 14.5. The standard InChI is InChI=1S/C16H16BrCl2N/c1-10-6-7-11(13(17)8-10)16(20-2)9-12-14(18)4-3-5-15(12)19/h3-8,16,20H,9H2,1-2H3. The molecule has 0 aliphatic carbocycles. The van der Waals surface area contributed by atoms with Crippen LogP contribution in [0.1, 0.15) is 22.7 Å². The van der Waals surface area contributed by atoms with Gasteiger partial charge in [0.25, 0.3) is 0 Å². The number of benzene rings is 2. The molecule has 0 bridgehead atoms. The summed E-state index contributed by atoms with van der Waals surface area (Å²) in [4.78, 5) is 0. The number of nitrogens with one attached hydrogen (secondary N) is 1. The van der Waals surface area contributed by atoms with E-state index in [1.165, 1.54) is 11.1 Å². The van der Waals surface area contributed by atoms with Gasteiger partial charge in [-0.2, -0.15) is 0 Å². The van der Waals surface area contributed by atoms with E-state index in [1.54, 1.807) is 0 Å². The minimum atomic E-state index is 0.155. The maximum atomic E-state index is 6.26. The second-order valence-corrected chi connectivity index (χ2v) is 6.44. The van der Waals surface area contributed by atoms with Gasteiger partial charge in [0.15, 0.2) is 0 Å². The average molecular weight is 373 g/mol. The predicted molar refractivity (Wildman–Crippen MR) is 90.8 cm³/mol. The molecule has 0 spiro atoms. The summed E-state index contributed by atoms with van der Waals surface area (Å²) in [6.45, 7) is 2.08. The van der Waals surface area contributed by atoms with Crippen LogP contribution >= 0.6 is 39.1 Å². The molecule has 0 saturated heterocycles. The van der Waals surface area contributed by atoms with Gasteiger partial charge in [-0.15, -0.1) is 0 Å². The van der Waals surface area contributed by atoms with Gasteiger partial charge in [-0.1, -0.05) is 57.3 Å². The quantitative estimate of drug-likeness (QED) is 0.739. The molecule has 0 fully saturated rings. The molecule has 0 aromatic heterocycles. The molecule has 0 heterocycles. The van der Waals surface area contributed by atoms with Crippen LogP contribution in [0.15, 0.2) is 40.9 Å². The Morgan fingerprint density at radius 1 is 1.15 bits per heavy atom. The van der Waals surface area contributed by atoms with Crippen molar-refractivity contribution in [1.29, 1.82) is 0 Å². The van der Waals surface area contributed by atoms with Gasteiger partial charge in [-0.25, -0.2) is 0 Å². The first kappa shape index (κ1) is 15.8. The summed E-state index contributed by atoms with van der Waals surface area (Å²) < 4.78 is 1.10. The Morgan fingerprint density at radius 2 is 1.80 bits per heavy atom. The summed E-state index contributed by atoms with van der Waals surface area (Å²) >= 11 is 16.2. The van der Waals surface area contributed by atoms with Gasteiger partial charge in [0.1, 0.15) is 0 Å². The summed E-state index contributed by atoms with van der Waals surface area (Å²) in [5, 5.41) is 4.75. The van der Waals surface area contributed by atoms with Crippen LogP contribution < -0.4 is 5.32 Å². The second kappa shape index (κ2) is 6.95. The van der Waals surface area contributed by atoms with E-state index in [0.29, 0.717) is 10.0 Å². The Labute approximate surface area is 138 Å². The van der Waals surface area contributed by atoms with Gasteiger partial charge in [-0.3, -0.25) is 0 Å². The first-order chi connectivity index (χ1) is 9.52. The number of halogens is 3. The van der Waals surface area contributed by atoms with E-state index in [1.807, 2.05) is 25.2 Å². The lowest BCUT2D eigenvalue weighted by Crippen LogP contribution is -2.19. The molecule has 1 atom stereocenters. The molecule has 20 heavy (non-hydrogen) atoms. The second-order valence-electron chi connectivity index (χ2n) is 4.77. The fraction of sp³-hybridized carbons (Fsp3) is 0.250. The van der Waals surface area contributed by atoms with E-state index in [-0.39, 0.29) is 6.04 Å². The van der Waals surface area contributed by atoms with E-state index in [2.05, 4.69) is 46.4 Å². The normalized spacial score (nSPS) is 12.4. The minimum Gasteiger partial charge on any atom is -0.313 e. The van der Waals surface area contributed by atoms with Crippen molar-refractivity contribution < 1.29 is 0 Å². The molecule has 0 amide bonds. The van der Waals surface area contributed by atoms with Gasteiger partial charge in [0.05, 0.1) is 0 Å². The highest BCUT2D eigenvalue weighted by molar-refractivity contribution is 9.10. The van der Waals surface area contributed by atoms with E-state index in [4.69, 9.17) is 23.2 Å². The number of rotatable bonds is 4. The zero-order chi connectivity index (χ0) is 14.7. The molecular weight excluding hydrogens is 357 g/mol. The maximum Gasteiger partial charge on any atom is 0.0453 e. The molecule has 0 aliphatic heterocycles. The highest BCUT2D eigenvalue weighted by Crippen LogP contribution is 2.32. The molecule has 2 aromatic rings. The van der Waals surface area contributed by atoms with Crippen molar-refractivity contribution in [3.05, 3.63) is 67.6 Å². The molecule has 0 aliphatic rings. The molecule has 0 saturated carbocycles. The first-order valence-electron chi connectivity index (χ1n) is 6.39. The van der Waals surface area contributed by atoms with Crippen LogP contribution in [0.2, 0.25) is 10.0 Å². The van der Waals surface area contributed by atoms with Crippen LogP contribution in [0.4, 0.5) is 0 Å². The Kier molecular flexibility index (Phi) is 5.50. The SMILES string of the molecule is CNC(Cc1c(Cl)cccc1Cl)c1ccc(C)cc1Br. The first-order valence-corrected chi connectivity index (χ1v) is 7.94. The third-order valence-corrected chi connectivity index (χ3v) is 4.74. The van der Waals surface area contributed by atoms with Crippen LogP contribution in [0.3, 0.4) is 0 Å². The molecule has 2 aromatic carbocycles. The zero-order valence-electron chi connectivity index (χ0n) is 11.4. The lowest BCUT2D eigenvalue weighted by atomic mass is 9.98. The lowest BCUT2D eigenvalue weighted by Gasteiger charge is -2.20. The summed E-state index contributed by atoms with van der Waals surface area (Å²) in [6.07, 6.45) is 0.747. The van der Waals surface area contributed by atoms with E-state index in [9.17, 15) is 0 Å². The van der Waals surface area contributed by atoms with Crippen molar-refractivity contribution in [2.45, 2.75) is 19.4 Å². The Hall–Kier alpha value is -0.540. The summed E-state index contributed by atoms with van der Waals surface area (Å²) in [7, 11) is 1.95. The van der Waals surface area contributed by atoms with Crippen molar-refractivity contribution >= 4 is 39.1 Å². The molecule has 4 heteroatoms. The van der Waals surface area contributed by atoms with Crippen LogP contribution in [0.25, 0.3) is 0 Å². The van der Waals surface area contributed by atoms with Crippen LogP contribution in [0, 0.1) is 6.92 Å². The topological polar surface area (TPSA) is 12.0 Å². The smallest absolute Gasteiger partial charge is 0.0453 e. The largest absolute Gasteiger partial charge is 0.313 e. The van der Waals surface area contributed by atoms with Gasteiger partial charge in [0, 0.05) is 20.6 Å². The van der Waals surface area contributed by atoms with Gasteiger partial charge in [0.2, 0.25) is 0 Å². The van der Waals surface area contributed by atoms with Gasteiger partial charge in [-0.05, 0) is 55.3 Å². The van der Waals surface area contributed by atoms with Crippen molar-refractivity contribution in [1.82, 2.24) is 5.32 Å². The van der Waals surface area contributed by atoms with E-state index in [0.717, 1.165) is 16.5 Å². The van der Waals surface area contributed by atoms with Crippen molar-refractivity contribution in [3.63, 3.8) is 0 Å². The Bertz CT molecular complexity index is 593. The molecular formula is C16H16BrCl2N. The van der Waals surface area contributed by atoms with Crippen LogP contribution in [-0.2, 0) is 6.42 Å². The molecule has 1 unspecified atom stereocenters. The number of likely N-dealkylation sites (N-methyl/N-ethyl adjacent to an activating group) is 1. The lowest BCUT2D eigenvalue weighted by molar-refractivity contribution is 0.590. The van der Waals surface area contributed by atoms with Crippen molar-refractivity contribution in [2.24, 2.45) is 0 Å².